The summed E-state index contributed by atoms with van der Waals surface area (Å²) in [6.07, 6.45) is 0.957. The molecule has 37 heavy (non-hydrogen) atoms. The number of likely N-dealkylation sites (N-methyl/N-ethyl adjacent to an activating group) is 1. The molecule has 0 aliphatic carbocycles. The van der Waals surface area contributed by atoms with Gasteiger partial charge < -0.3 is 14.7 Å². The molecule has 1 fully saturated rings. The maximum atomic E-state index is 13.9. The maximum Gasteiger partial charge on any atom is 0.264 e. The van der Waals surface area contributed by atoms with Gasteiger partial charge in [0.1, 0.15) is 0 Å². The fourth-order valence-electron chi connectivity index (χ4n) is 4.41. The molecule has 0 bridgehead atoms. The highest BCUT2D eigenvalue weighted by Gasteiger charge is 2.28. The van der Waals surface area contributed by atoms with E-state index in [2.05, 4.69) is 9.80 Å². The van der Waals surface area contributed by atoms with Crippen LogP contribution in [0.5, 0.6) is 0 Å². The van der Waals surface area contributed by atoms with E-state index in [4.69, 9.17) is 23.2 Å². The zero-order valence-corrected chi connectivity index (χ0v) is 24.2. The van der Waals surface area contributed by atoms with Crippen LogP contribution < -0.4 is 14.1 Å². The fourth-order valence-corrected chi connectivity index (χ4v) is 6.13. The van der Waals surface area contributed by atoms with Crippen molar-refractivity contribution in [1.29, 1.82) is 0 Å². The van der Waals surface area contributed by atoms with Gasteiger partial charge in [-0.15, -0.1) is 12.4 Å². The van der Waals surface area contributed by atoms with E-state index in [9.17, 15) is 8.42 Å². The molecule has 4 rings (SSSR count). The summed E-state index contributed by atoms with van der Waals surface area (Å²) in [5.74, 6) is 0. The Bertz CT molecular complexity index is 1260. The van der Waals surface area contributed by atoms with Crippen molar-refractivity contribution >= 4 is 62.7 Å². The van der Waals surface area contributed by atoms with Crippen molar-refractivity contribution in [2.24, 2.45) is 0 Å². The Balaban J connectivity index is 0.00000380. The quantitative estimate of drug-likeness (QED) is 0.331. The molecule has 200 valence electrons. The summed E-state index contributed by atoms with van der Waals surface area (Å²) in [4.78, 5) is 6.87. The Kier molecular flexibility index (Phi) is 10.4. The van der Waals surface area contributed by atoms with Gasteiger partial charge >= 0.3 is 0 Å². The zero-order chi connectivity index (χ0) is 25.7. The van der Waals surface area contributed by atoms with Gasteiger partial charge in [0.25, 0.3) is 10.0 Å². The lowest BCUT2D eigenvalue weighted by Gasteiger charge is -2.32. The normalized spacial score (nSPS) is 14.3. The first-order valence-electron chi connectivity index (χ1n) is 12.0. The second-order valence-electron chi connectivity index (χ2n) is 9.13. The minimum absolute atomic E-state index is 0. The molecule has 0 aromatic heterocycles. The molecule has 0 unspecified atom stereocenters. The fraction of sp³-hybridized carbons (Fsp3) is 0.333. The molecule has 0 amide bonds. The SMILES string of the molecule is CN(C)CCN(c1ccccc1N1CCCN(c2ccc(Cl)cc2)CC1)S(=O)(=O)c1ccc(Cl)cc1.Cl. The largest absolute Gasteiger partial charge is 0.370 e. The number of rotatable bonds is 8. The van der Waals surface area contributed by atoms with E-state index in [1.807, 2.05) is 67.5 Å². The van der Waals surface area contributed by atoms with Crippen LogP contribution in [-0.4, -0.2) is 66.7 Å². The first-order valence-corrected chi connectivity index (χ1v) is 14.2. The average molecular weight is 584 g/mol. The Hall–Kier alpha value is -2.16. The van der Waals surface area contributed by atoms with Gasteiger partial charge in [-0.25, -0.2) is 8.42 Å². The average Bonchev–Trinajstić information content (AvgIpc) is 3.11. The van der Waals surface area contributed by atoms with Crippen molar-refractivity contribution in [3.63, 3.8) is 0 Å². The minimum Gasteiger partial charge on any atom is -0.370 e. The number of anilines is 3. The predicted octanol–water partition coefficient (Wildman–Crippen LogP) is 5.89. The molecule has 0 N–H and O–H groups in total. The van der Waals surface area contributed by atoms with Gasteiger partial charge in [0.15, 0.2) is 0 Å². The van der Waals surface area contributed by atoms with E-state index in [1.54, 1.807) is 24.3 Å². The van der Waals surface area contributed by atoms with Crippen molar-refractivity contribution in [2.75, 3.05) is 67.5 Å². The molecular weight excluding hydrogens is 551 g/mol. The van der Waals surface area contributed by atoms with Gasteiger partial charge in [0, 0.05) is 55.0 Å². The standard InChI is InChI=1S/C27H32Cl2N4O2S.ClH/c1-30(2)18-21-33(36(34,35)25-14-10-23(29)11-15-25)27-7-4-3-6-26(27)32-17-5-16-31(19-20-32)24-12-8-22(28)9-13-24;/h3-4,6-15H,5,16-21H2,1-2H3;1H. The van der Waals surface area contributed by atoms with E-state index in [0.717, 1.165) is 49.0 Å². The molecule has 0 spiro atoms. The first kappa shape index (κ1) is 29.4. The van der Waals surface area contributed by atoms with E-state index in [-0.39, 0.29) is 17.3 Å². The van der Waals surface area contributed by atoms with Crippen LogP contribution in [0.4, 0.5) is 17.1 Å². The summed E-state index contributed by atoms with van der Waals surface area (Å²) in [6, 6.07) is 22.1. The van der Waals surface area contributed by atoms with Crippen LogP contribution in [0.2, 0.25) is 10.0 Å². The number of benzene rings is 3. The van der Waals surface area contributed by atoms with Gasteiger partial charge in [0.2, 0.25) is 0 Å². The summed E-state index contributed by atoms with van der Waals surface area (Å²) >= 11 is 12.1. The Morgan fingerprint density at radius 2 is 1.32 bits per heavy atom. The second kappa shape index (κ2) is 13.1. The Morgan fingerprint density at radius 3 is 1.97 bits per heavy atom. The Labute approximate surface area is 236 Å². The number of halogens is 3. The van der Waals surface area contributed by atoms with Crippen molar-refractivity contribution in [3.8, 4) is 0 Å². The van der Waals surface area contributed by atoms with Crippen molar-refractivity contribution in [1.82, 2.24) is 4.90 Å². The third-order valence-corrected chi connectivity index (χ3v) is 8.66. The predicted molar refractivity (Wildman–Crippen MR) is 159 cm³/mol. The van der Waals surface area contributed by atoms with Crippen LogP contribution in [0.1, 0.15) is 6.42 Å². The summed E-state index contributed by atoms with van der Waals surface area (Å²) in [6.45, 7) is 4.29. The first-order chi connectivity index (χ1) is 17.3. The van der Waals surface area contributed by atoms with Crippen LogP contribution in [-0.2, 0) is 10.0 Å². The molecule has 1 aliphatic heterocycles. The molecule has 0 atom stereocenters. The molecule has 10 heteroatoms. The second-order valence-corrected chi connectivity index (χ2v) is 11.9. The molecule has 0 saturated carbocycles. The van der Waals surface area contributed by atoms with Gasteiger partial charge in [-0.1, -0.05) is 35.3 Å². The molecule has 3 aromatic rings. The summed E-state index contributed by atoms with van der Waals surface area (Å²) in [5, 5.41) is 1.23. The molecule has 1 saturated heterocycles. The molecule has 6 nitrogen and oxygen atoms in total. The van der Waals surface area contributed by atoms with Gasteiger partial charge in [0.05, 0.1) is 16.3 Å². The molecule has 1 heterocycles. The highest BCUT2D eigenvalue weighted by atomic mass is 35.5. The molecule has 1 aliphatic rings. The van der Waals surface area contributed by atoms with E-state index in [1.165, 1.54) is 4.31 Å². The third-order valence-electron chi connectivity index (χ3n) is 6.33. The number of para-hydroxylation sites is 2. The maximum absolute atomic E-state index is 13.9. The number of nitrogens with zero attached hydrogens (tertiary/aromatic N) is 4. The van der Waals surface area contributed by atoms with Crippen LogP contribution in [0, 0.1) is 0 Å². The topological polar surface area (TPSA) is 47.1 Å². The zero-order valence-electron chi connectivity index (χ0n) is 21.1. The monoisotopic (exact) mass is 582 g/mol. The van der Waals surface area contributed by atoms with Gasteiger partial charge in [-0.3, -0.25) is 4.31 Å². The van der Waals surface area contributed by atoms with E-state index >= 15 is 0 Å². The van der Waals surface area contributed by atoms with Crippen LogP contribution in [0.25, 0.3) is 0 Å². The minimum atomic E-state index is -3.80. The summed E-state index contributed by atoms with van der Waals surface area (Å²) in [7, 11) is 0.0910. The number of hydrogen-bond donors (Lipinski definition) is 0. The number of sulfonamides is 1. The van der Waals surface area contributed by atoms with Crippen molar-refractivity contribution in [2.45, 2.75) is 11.3 Å². The molecular formula is C27H33Cl3N4O2S. The van der Waals surface area contributed by atoms with Crippen LogP contribution >= 0.6 is 35.6 Å². The lowest BCUT2D eigenvalue weighted by Crippen LogP contribution is -2.38. The molecule has 3 aromatic carbocycles. The van der Waals surface area contributed by atoms with Gasteiger partial charge in [-0.05, 0) is 81.2 Å². The highest BCUT2D eigenvalue weighted by Crippen LogP contribution is 2.34. The highest BCUT2D eigenvalue weighted by molar-refractivity contribution is 7.92. The smallest absolute Gasteiger partial charge is 0.264 e. The lowest BCUT2D eigenvalue weighted by atomic mass is 10.2. The van der Waals surface area contributed by atoms with Crippen LogP contribution in [0.15, 0.2) is 77.7 Å². The van der Waals surface area contributed by atoms with Crippen molar-refractivity contribution in [3.05, 3.63) is 82.8 Å². The van der Waals surface area contributed by atoms with Gasteiger partial charge in [-0.2, -0.15) is 0 Å². The molecule has 0 radical (unpaired) electrons. The summed E-state index contributed by atoms with van der Waals surface area (Å²) < 4.78 is 29.2. The van der Waals surface area contributed by atoms with E-state index < -0.39 is 10.0 Å². The summed E-state index contributed by atoms with van der Waals surface area (Å²) in [5.41, 5.74) is 2.76. The van der Waals surface area contributed by atoms with Crippen molar-refractivity contribution < 1.29 is 8.42 Å². The Morgan fingerprint density at radius 1 is 0.757 bits per heavy atom. The lowest BCUT2D eigenvalue weighted by molar-refractivity contribution is 0.419. The van der Waals surface area contributed by atoms with Crippen LogP contribution in [0.3, 0.4) is 0 Å². The third kappa shape index (κ3) is 7.24. The number of hydrogen-bond acceptors (Lipinski definition) is 5. The van der Waals surface area contributed by atoms with E-state index in [0.29, 0.717) is 23.8 Å².